The van der Waals surface area contributed by atoms with E-state index in [1.54, 1.807) is 13.2 Å². The van der Waals surface area contributed by atoms with E-state index >= 15 is 0 Å². The van der Waals surface area contributed by atoms with E-state index in [4.69, 9.17) is 10.6 Å². The Morgan fingerprint density at radius 2 is 2.33 bits per heavy atom. The van der Waals surface area contributed by atoms with Crippen molar-refractivity contribution in [3.05, 3.63) is 17.8 Å². The second-order valence-electron chi connectivity index (χ2n) is 2.70. The van der Waals surface area contributed by atoms with Gasteiger partial charge in [0.2, 0.25) is 0 Å². The number of hydrogen-bond donors (Lipinski definition) is 3. The summed E-state index contributed by atoms with van der Waals surface area (Å²) < 4.78 is 4.79. The molecule has 1 amide bonds. The number of nitrogens with one attached hydrogen (secondary N) is 2. The fourth-order valence-electron chi connectivity index (χ4n) is 0.888. The first-order chi connectivity index (χ1) is 7.27. The van der Waals surface area contributed by atoms with Crippen LogP contribution in [0.1, 0.15) is 10.5 Å². The van der Waals surface area contributed by atoms with Gasteiger partial charge < -0.3 is 15.5 Å². The molecular formula is C8H13N5O2. The molecule has 0 atom stereocenters. The number of hydrogen-bond acceptors (Lipinski definition) is 6. The van der Waals surface area contributed by atoms with Gasteiger partial charge in [0.05, 0.1) is 6.61 Å². The van der Waals surface area contributed by atoms with Crippen LogP contribution >= 0.6 is 0 Å². The fraction of sp³-hybridized carbons (Fsp3) is 0.375. The number of rotatable bonds is 5. The summed E-state index contributed by atoms with van der Waals surface area (Å²) in [5.41, 5.74) is 2.56. The molecule has 7 nitrogen and oxygen atoms in total. The summed E-state index contributed by atoms with van der Waals surface area (Å²) in [6.45, 7) is 0.898. The SMILES string of the molecule is COCCNC(=O)c1ccc(NN)nn1. The van der Waals surface area contributed by atoms with Gasteiger partial charge in [-0.1, -0.05) is 0 Å². The Bertz CT molecular complexity index is 313. The van der Waals surface area contributed by atoms with Crippen LogP contribution < -0.4 is 16.6 Å². The minimum absolute atomic E-state index is 0.241. The molecule has 15 heavy (non-hydrogen) atoms. The molecule has 82 valence electrons. The summed E-state index contributed by atoms with van der Waals surface area (Å²) in [6, 6.07) is 3.10. The van der Waals surface area contributed by atoms with E-state index in [1.165, 1.54) is 6.07 Å². The highest BCUT2D eigenvalue weighted by atomic mass is 16.5. The van der Waals surface area contributed by atoms with Crippen LogP contribution in [0.4, 0.5) is 5.82 Å². The lowest BCUT2D eigenvalue weighted by molar-refractivity contribution is 0.0931. The Balaban J connectivity index is 2.50. The molecule has 0 aliphatic rings. The van der Waals surface area contributed by atoms with Crippen LogP contribution in [-0.4, -0.2) is 36.4 Å². The normalized spacial score (nSPS) is 9.73. The summed E-state index contributed by atoms with van der Waals surface area (Å²) in [5.74, 6) is 5.22. The van der Waals surface area contributed by atoms with Gasteiger partial charge in [0.25, 0.3) is 5.91 Å². The minimum Gasteiger partial charge on any atom is -0.383 e. The van der Waals surface area contributed by atoms with Gasteiger partial charge >= 0.3 is 0 Å². The van der Waals surface area contributed by atoms with Crippen molar-refractivity contribution in [2.24, 2.45) is 5.84 Å². The van der Waals surface area contributed by atoms with E-state index in [2.05, 4.69) is 20.9 Å². The number of nitrogen functional groups attached to an aromatic ring is 1. The number of carbonyl (C=O) groups excluding carboxylic acids is 1. The van der Waals surface area contributed by atoms with E-state index in [9.17, 15) is 4.79 Å². The van der Waals surface area contributed by atoms with Crippen LogP contribution in [0.3, 0.4) is 0 Å². The lowest BCUT2D eigenvalue weighted by atomic mass is 10.3. The number of hydrazine groups is 1. The van der Waals surface area contributed by atoms with E-state index in [-0.39, 0.29) is 11.6 Å². The number of nitrogens with zero attached hydrogens (tertiary/aromatic N) is 2. The quantitative estimate of drug-likeness (QED) is 0.333. The van der Waals surface area contributed by atoms with Crippen LogP contribution in [-0.2, 0) is 4.74 Å². The summed E-state index contributed by atoms with van der Waals surface area (Å²) in [7, 11) is 1.56. The molecule has 0 spiro atoms. The topological polar surface area (TPSA) is 102 Å². The zero-order valence-electron chi connectivity index (χ0n) is 8.36. The second kappa shape index (κ2) is 5.89. The lowest BCUT2D eigenvalue weighted by Gasteiger charge is -2.03. The van der Waals surface area contributed by atoms with Crippen molar-refractivity contribution in [2.75, 3.05) is 25.7 Å². The van der Waals surface area contributed by atoms with Gasteiger partial charge in [-0.05, 0) is 12.1 Å². The third-order valence-corrected chi connectivity index (χ3v) is 1.64. The first-order valence-electron chi connectivity index (χ1n) is 4.35. The maximum Gasteiger partial charge on any atom is 0.271 e. The number of amides is 1. The van der Waals surface area contributed by atoms with Gasteiger partial charge in [0.1, 0.15) is 0 Å². The zero-order chi connectivity index (χ0) is 11.1. The van der Waals surface area contributed by atoms with E-state index in [0.29, 0.717) is 19.0 Å². The average molecular weight is 211 g/mol. The molecule has 0 saturated heterocycles. The van der Waals surface area contributed by atoms with Crippen molar-refractivity contribution in [1.29, 1.82) is 0 Å². The summed E-state index contributed by atoms with van der Waals surface area (Å²) in [4.78, 5) is 11.4. The lowest BCUT2D eigenvalue weighted by Crippen LogP contribution is -2.28. The molecule has 4 N–H and O–H groups in total. The van der Waals surface area contributed by atoms with E-state index in [0.717, 1.165) is 0 Å². The Kier molecular flexibility index (Phi) is 4.45. The number of carbonyl (C=O) groups is 1. The molecule has 0 aromatic carbocycles. The number of ether oxygens (including phenoxy) is 1. The van der Waals surface area contributed by atoms with Crippen LogP contribution in [0.5, 0.6) is 0 Å². The zero-order valence-corrected chi connectivity index (χ0v) is 8.36. The Morgan fingerprint density at radius 1 is 1.53 bits per heavy atom. The van der Waals surface area contributed by atoms with Crippen LogP contribution in [0.2, 0.25) is 0 Å². The largest absolute Gasteiger partial charge is 0.383 e. The molecule has 0 radical (unpaired) electrons. The predicted octanol–water partition coefficient (Wildman–Crippen LogP) is -0.862. The second-order valence-corrected chi connectivity index (χ2v) is 2.70. The summed E-state index contributed by atoms with van der Waals surface area (Å²) in [5, 5.41) is 9.97. The van der Waals surface area contributed by atoms with Gasteiger partial charge in [0, 0.05) is 13.7 Å². The summed E-state index contributed by atoms with van der Waals surface area (Å²) >= 11 is 0. The fourth-order valence-corrected chi connectivity index (χ4v) is 0.888. The van der Waals surface area contributed by atoms with Crippen molar-refractivity contribution in [1.82, 2.24) is 15.5 Å². The Morgan fingerprint density at radius 3 is 2.87 bits per heavy atom. The summed E-state index contributed by atoms with van der Waals surface area (Å²) in [6.07, 6.45) is 0. The number of methoxy groups -OCH3 is 1. The molecule has 0 saturated carbocycles. The van der Waals surface area contributed by atoms with Gasteiger partial charge in [-0.3, -0.25) is 4.79 Å². The third-order valence-electron chi connectivity index (χ3n) is 1.64. The molecular weight excluding hydrogens is 198 g/mol. The third kappa shape index (κ3) is 3.49. The monoisotopic (exact) mass is 211 g/mol. The first kappa shape index (κ1) is 11.3. The van der Waals surface area contributed by atoms with Gasteiger partial charge in [-0.25, -0.2) is 5.84 Å². The molecule has 1 heterocycles. The molecule has 0 unspecified atom stereocenters. The highest BCUT2D eigenvalue weighted by Gasteiger charge is 2.06. The molecule has 0 fully saturated rings. The van der Waals surface area contributed by atoms with Crippen molar-refractivity contribution >= 4 is 11.7 Å². The van der Waals surface area contributed by atoms with Crippen molar-refractivity contribution < 1.29 is 9.53 Å². The Labute approximate surface area is 87.0 Å². The number of aromatic nitrogens is 2. The molecule has 7 heteroatoms. The highest BCUT2D eigenvalue weighted by Crippen LogP contribution is 1.99. The molecule has 1 aromatic rings. The Hall–Kier alpha value is -1.73. The smallest absolute Gasteiger partial charge is 0.271 e. The van der Waals surface area contributed by atoms with Gasteiger partial charge in [0.15, 0.2) is 11.5 Å². The molecule has 1 aromatic heterocycles. The van der Waals surface area contributed by atoms with Crippen LogP contribution in [0, 0.1) is 0 Å². The maximum atomic E-state index is 11.4. The number of anilines is 1. The molecule has 0 aliphatic heterocycles. The molecule has 0 bridgehead atoms. The van der Waals surface area contributed by atoms with Crippen molar-refractivity contribution in [3.63, 3.8) is 0 Å². The standard InChI is InChI=1S/C8H13N5O2/c1-15-5-4-10-8(14)6-2-3-7(11-9)13-12-6/h2-3H,4-5,9H2,1H3,(H,10,14)(H,11,13). The number of nitrogens with two attached hydrogens (primary N) is 1. The molecule has 0 aliphatic carbocycles. The minimum atomic E-state index is -0.289. The maximum absolute atomic E-state index is 11.4. The predicted molar refractivity (Wildman–Crippen MR) is 54.1 cm³/mol. The van der Waals surface area contributed by atoms with Gasteiger partial charge in [-0.15, -0.1) is 10.2 Å². The van der Waals surface area contributed by atoms with Crippen molar-refractivity contribution in [2.45, 2.75) is 0 Å². The average Bonchev–Trinajstić information content (AvgIpc) is 2.29. The van der Waals surface area contributed by atoms with Crippen LogP contribution in [0.25, 0.3) is 0 Å². The van der Waals surface area contributed by atoms with Gasteiger partial charge in [-0.2, -0.15) is 0 Å². The van der Waals surface area contributed by atoms with E-state index < -0.39 is 0 Å². The first-order valence-corrected chi connectivity index (χ1v) is 4.35. The van der Waals surface area contributed by atoms with Crippen molar-refractivity contribution in [3.8, 4) is 0 Å². The van der Waals surface area contributed by atoms with Crippen LogP contribution in [0.15, 0.2) is 12.1 Å². The highest BCUT2D eigenvalue weighted by molar-refractivity contribution is 5.92. The molecule has 1 rings (SSSR count). The van der Waals surface area contributed by atoms with E-state index in [1.807, 2.05) is 0 Å².